The summed E-state index contributed by atoms with van der Waals surface area (Å²) in [4.78, 5) is 0. The fourth-order valence-electron chi connectivity index (χ4n) is 3.56. The number of rotatable bonds is 0. The summed E-state index contributed by atoms with van der Waals surface area (Å²) in [6.07, 6.45) is 0. The summed E-state index contributed by atoms with van der Waals surface area (Å²) < 4.78 is 1.80. The van der Waals surface area contributed by atoms with Crippen LogP contribution in [0.5, 0.6) is 11.5 Å². The number of aryl methyl sites for hydroxylation is 2. The minimum Gasteiger partial charge on any atom is -0.508 e. The minimum atomic E-state index is 0. The number of hydrogen-bond donors (Lipinski definition) is 2. The maximum Gasteiger partial charge on any atom is 2.00 e. The fourth-order valence-corrected chi connectivity index (χ4v) is 4.34. The van der Waals surface area contributed by atoms with E-state index in [1.165, 1.54) is 32.7 Å². The van der Waals surface area contributed by atoms with Gasteiger partial charge in [0.25, 0.3) is 0 Å². The molecule has 0 saturated carbocycles. The molecule has 0 aliphatic rings. The van der Waals surface area contributed by atoms with Crippen molar-refractivity contribution in [2.45, 2.75) is 13.8 Å². The third-order valence-corrected chi connectivity index (χ3v) is 6.13. The van der Waals surface area contributed by atoms with Crippen LogP contribution in [0.2, 0.25) is 0 Å². The smallest absolute Gasteiger partial charge is 0.508 e. The van der Waals surface area contributed by atoms with E-state index in [0.29, 0.717) is 11.5 Å². The van der Waals surface area contributed by atoms with Crippen molar-refractivity contribution in [3.05, 3.63) is 141 Å². The maximum absolute atomic E-state index is 8.78. The van der Waals surface area contributed by atoms with Crippen molar-refractivity contribution >= 4 is 53.4 Å². The van der Waals surface area contributed by atoms with Crippen LogP contribution in [0.15, 0.2) is 130 Å². The summed E-state index contributed by atoms with van der Waals surface area (Å²) in [5.74, 6) is 0.582. The summed E-state index contributed by atoms with van der Waals surface area (Å²) in [5, 5.41) is 23.0. The number of phenols is 2. The SMILES string of the molecule is Cc1cc2ccccc2[cH-]1.Cc1cc2ccccc2[cH-]1.Oc1cccc(Br)c1.Oc1cccc(Br)c1.[Zr+2]. The Morgan fingerprint density at radius 1 is 0.514 bits per heavy atom. The largest absolute Gasteiger partial charge is 2.00 e. The predicted octanol–water partition coefficient (Wildman–Crippen LogP) is 10.0. The van der Waals surface area contributed by atoms with Crippen LogP contribution in [0.1, 0.15) is 11.1 Å². The summed E-state index contributed by atoms with van der Waals surface area (Å²) >= 11 is 6.40. The molecule has 6 aromatic carbocycles. The van der Waals surface area contributed by atoms with E-state index in [9.17, 15) is 0 Å². The quantitative estimate of drug-likeness (QED) is 0.155. The number of halogens is 2. The number of aromatic hydroxyl groups is 2. The van der Waals surface area contributed by atoms with E-state index in [2.05, 4.69) is 119 Å². The number of hydrogen-bond acceptors (Lipinski definition) is 2. The Morgan fingerprint density at radius 3 is 1.19 bits per heavy atom. The van der Waals surface area contributed by atoms with E-state index in [1.54, 1.807) is 36.4 Å². The first kappa shape index (κ1) is 30.8. The van der Waals surface area contributed by atoms with Crippen molar-refractivity contribution in [3.63, 3.8) is 0 Å². The molecule has 186 valence electrons. The second kappa shape index (κ2) is 15.7. The maximum atomic E-state index is 8.78. The Labute approximate surface area is 254 Å². The van der Waals surface area contributed by atoms with Gasteiger partial charge in [0.2, 0.25) is 0 Å². The van der Waals surface area contributed by atoms with Crippen molar-refractivity contribution in [1.29, 1.82) is 0 Å². The van der Waals surface area contributed by atoms with Crippen molar-refractivity contribution in [1.82, 2.24) is 0 Å². The van der Waals surface area contributed by atoms with Gasteiger partial charge >= 0.3 is 26.2 Å². The Kier molecular flexibility index (Phi) is 13.1. The van der Waals surface area contributed by atoms with Crippen LogP contribution in [0.4, 0.5) is 0 Å². The molecule has 0 fully saturated rings. The number of benzene rings is 4. The fraction of sp³-hybridized carbons (Fsp3) is 0.0625. The van der Waals surface area contributed by atoms with Crippen LogP contribution < -0.4 is 0 Å². The molecule has 0 aliphatic heterocycles. The average molecular weight is 696 g/mol. The van der Waals surface area contributed by atoms with Crippen molar-refractivity contribution in [2.24, 2.45) is 0 Å². The van der Waals surface area contributed by atoms with Gasteiger partial charge in [0.15, 0.2) is 0 Å². The molecule has 2 N–H and O–H groups in total. The first-order valence-electron chi connectivity index (χ1n) is 11.4. The zero-order chi connectivity index (χ0) is 25.9. The van der Waals surface area contributed by atoms with Gasteiger partial charge in [-0.05, 0) is 36.4 Å². The molecule has 0 bridgehead atoms. The first-order valence-corrected chi connectivity index (χ1v) is 13.0. The van der Waals surface area contributed by atoms with Gasteiger partial charge in [-0.1, -0.05) is 70.0 Å². The molecule has 0 aromatic heterocycles. The van der Waals surface area contributed by atoms with Crippen LogP contribution in [0.25, 0.3) is 21.5 Å². The summed E-state index contributed by atoms with van der Waals surface area (Å²) in [5.41, 5.74) is 2.70. The second-order valence-corrected chi connectivity index (χ2v) is 10.1. The van der Waals surface area contributed by atoms with Crippen molar-refractivity contribution < 1.29 is 36.4 Å². The van der Waals surface area contributed by atoms with Gasteiger partial charge in [-0.2, -0.15) is 12.1 Å². The predicted molar refractivity (Wildman–Crippen MR) is 160 cm³/mol. The van der Waals surface area contributed by atoms with E-state index in [1.807, 2.05) is 12.1 Å². The molecule has 0 atom stereocenters. The molecule has 6 aromatic rings. The molecule has 0 radical (unpaired) electrons. The molecule has 0 aliphatic carbocycles. The molecule has 2 nitrogen and oxygen atoms in total. The monoisotopic (exact) mass is 692 g/mol. The van der Waals surface area contributed by atoms with E-state index < -0.39 is 0 Å². The van der Waals surface area contributed by atoms with Gasteiger partial charge in [-0.25, -0.2) is 0 Å². The van der Waals surface area contributed by atoms with Crippen LogP contribution in [0.3, 0.4) is 0 Å². The van der Waals surface area contributed by atoms with Crippen LogP contribution in [0, 0.1) is 13.8 Å². The van der Waals surface area contributed by atoms with E-state index in [-0.39, 0.29) is 26.2 Å². The third-order valence-electron chi connectivity index (χ3n) is 5.14. The normalized spacial score (nSPS) is 9.62. The summed E-state index contributed by atoms with van der Waals surface area (Å²) in [7, 11) is 0. The summed E-state index contributed by atoms with van der Waals surface area (Å²) in [6, 6.07) is 39.5. The standard InChI is InChI=1S/2C10H9.2C6H5BrO.Zr/c2*1-8-6-9-4-2-3-5-10(9)7-8;2*7-5-2-1-3-6(8)4-5;/h2*2-7H,1H3;2*1-4,8H;/q2*-1;;;+2. The van der Waals surface area contributed by atoms with Gasteiger partial charge in [0.05, 0.1) is 0 Å². The zero-order valence-corrected chi connectivity index (χ0v) is 26.3. The molecular weight excluding hydrogens is 667 g/mol. The molecule has 37 heavy (non-hydrogen) atoms. The van der Waals surface area contributed by atoms with Gasteiger partial charge < -0.3 is 10.2 Å². The van der Waals surface area contributed by atoms with Gasteiger partial charge in [-0.3, -0.25) is 0 Å². The van der Waals surface area contributed by atoms with Gasteiger partial charge in [-0.15, -0.1) is 81.2 Å². The van der Waals surface area contributed by atoms with E-state index in [4.69, 9.17) is 10.2 Å². The van der Waals surface area contributed by atoms with Crippen molar-refractivity contribution in [2.75, 3.05) is 0 Å². The minimum absolute atomic E-state index is 0. The average Bonchev–Trinajstić information content (AvgIpc) is 3.40. The molecule has 0 saturated heterocycles. The Bertz CT molecular complexity index is 1300. The second-order valence-electron chi connectivity index (χ2n) is 8.28. The van der Waals surface area contributed by atoms with Crippen molar-refractivity contribution in [3.8, 4) is 11.5 Å². The van der Waals surface area contributed by atoms with E-state index in [0.717, 1.165) is 8.95 Å². The number of fused-ring (bicyclic) bond motifs is 2. The van der Waals surface area contributed by atoms with E-state index >= 15 is 0 Å². The molecule has 0 spiro atoms. The molecule has 0 heterocycles. The molecule has 6 rings (SSSR count). The van der Waals surface area contributed by atoms with Crippen LogP contribution in [-0.4, -0.2) is 10.2 Å². The van der Waals surface area contributed by atoms with Gasteiger partial charge in [0.1, 0.15) is 11.5 Å². The molecule has 5 heteroatoms. The summed E-state index contributed by atoms with van der Waals surface area (Å²) in [6.45, 7) is 4.25. The zero-order valence-electron chi connectivity index (χ0n) is 20.7. The number of phenolic OH excluding ortho intramolecular Hbond substituents is 2. The van der Waals surface area contributed by atoms with Crippen LogP contribution in [-0.2, 0) is 26.2 Å². The topological polar surface area (TPSA) is 40.5 Å². The Morgan fingerprint density at radius 2 is 0.892 bits per heavy atom. The Hall–Kier alpha value is -2.46. The Balaban J connectivity index is 0.000000173. The molecule has 0 unspecified atom stereocenters. The molecule has 0 amide bonds. The molecular formula is C32H28Br2O2Zr. The van der Waals surface area contributed by atoms with Gasteiger partial charge in [0, 0.05) is 8.95 Å². The first-order chi connectivity index (χ1) is 17.3. The van der Waals surface area contributed by atoms with Crippen LogP contribution >= 0.6 is 31.9 Å². The third kappa shape index (κ3) is 10.8.